The topological polar surface area (TPSA) is 71.6 Å². The van der Waals surface area contributed by atoms with Crippen LogP contribution in [0.25, 0.3) is 10.9 Å². The number of nitrogens with zero attached hydrogens (tertiary/aromatic N) is 1. The highest BCUT2D eigenvalue weighted by atomic mass is 16.7. The number of likely N-dealkylation sites (N-methyl/N-ethyl adjacent to an activating group) is 1. The van der Waals surface area contributed by atoms with E-state index in [9.17, 15) is 9.59 Å². The fourth-order valence-electron chi connectivity index (χ4n) is 4.94. The van der Waals surface area contributed by atoms with Gasteiger partial charge in [-0.1, -0.05) is 32.9 Å². The molecule has 1 N–H and O–H groups in total. The number of Topliss-reactive ketones (excluding diaryl/α,β-unsaturated/α-hetero) is 1. The van der Waals surface area contributed by atoms with Crippen LogP contribution in [0, 0.1) is 0 Å². The smallest absolute Gasteiger partial charge is 0.231 e. The quantitative estimate of drug-likeness (QED) is 0.580. The molecular weight excluding hydrogens is 428 g/mol. The lowest BCUT2D eigenvalue weighted by atomic mass is 9.86. The number of hydrogen-bond donors (Lipinski definition) is 1. The summed E-state index contributed by atoms with van der Waals surface area (Å²) in [5, 5.41) is 1.03. The highest BCUT2D eigenvalue weighted by Gasteiger charge is 2.50. The van der Waals surface area contributed by atoms with Crippen molar-refractivity contribution in [2.75, 3.05) is 20.9 Å². The van der Waals surface area contributed by atoms with Crippen LogP contribution in [-0.2, 0) is 33.3 Å². The predicted molar refractivity (Wildman–Crippen MR) is 132 cm³/mol. The number of aromatic nitrogens is 1. The maximum Gasteiger partial charge on any atom is 0.231 e. The van der Waals surface area contributed by atoms with Gasteiger partial charge in [0.15, 0.2) is 11.5 Å². The maximum atomic E-state index is 13.5. The monoisotopic (exact) mass is 460 g/mol. The van der Waals surface area contributed by atoms with Gasteiger partial charge in [0.2, 0.25) is 12.7 Å². The van der Waals surface area contributed by atoms with Crippen molar-refractivity contribution in [3.63, 3.8) is 0 Å². The van der Waals surface area contributed by atoms with Crippen molar-refractivity contribution in [2.45, 2.75) is 57.3 Å². The number of H-pyrrole nitrogens is 1. The summed E-state index contributed by atoms with van der Waals surface area (Å²) >= 11 is 0. The van der Waals surface area contributed by atoms with Crippen LogP contribution in [0.3, 0.4) is 0 Å². The van der Waals surface area contributed by atoms with Gasteiger partial charge in [-0.25, -0.2) is 0 Å². The van der Waals surface area contributed by atoms with E-state index in [0.717, 1.165) is 57.6 Å². The highest BCUT2D eigenvalue weighted by Crippen LogP contribution is 2.51. The molecule has 2 heterocycles. The first-order valence-electron chi connectivity index (χ1n) is 11.9. The lowest BCUT2D eigenvalue weighted by Crippen LogP contribution is -2.25. The number of hydrogen-bond acceptors (Lipinski definition) is 4. The second-order valence-electron chi connectivity index (χ2n) is 10.8. The Balaban J connectivity index is 1.46. The van der Waals surface area contributed by atoms with Crippen molar-refractivity contribution in [3.05, 3.63) is 58.8 Å². The third-order valence-corrected chi connectivity index (χ3v) is 7.12. The van der Waals surface area contributed by atoms with Crippen molar-refractivity contribution >= 4 is 22.6 Å². The zero-order valence-electron chi connectivity index (χ0n) is 20.6. The average molecular weight is 461 g/mol. The van der Waals surface area contributed by atoms with Crippen LogP contribution < -0.4 is 9.47 Å². The number of ether oxygens (including phenoxy) is 2. The van der Waals surface area contributed by atoms with E-state index in [2.05, 4.69) is 31.8 Å². The van der Waals surface area contributed by atoms with Gasteiger partial charge in [-0.05, 0) is 53.8 Å². The Kier molecular flexibility index (Phi) is 5.23. The Morgan fingerprint density at radius 2 is 1.74 bits per heavy atom. The minimum atomic E-state index is -0.436. The molecule has 1 fully saturated rings. The number of rotatable bonds is 6. The normalized spacial score (nSPS) is 16.0. The Labute approximate surface area is 200 Å². The molecule has 1 saturated carbocycles. The van der Waals surface area contributed by atoms with Crippen LogP contribution in [0.4, 0.5) is 0 Å². The highest BCUT2D eigenvalue weighted by molar-refractivity contribution is 5.96. The molecule has 178 valence electrons. The second kappa shape index (κ2) is 7.90. The van der Waals surface area contributed by atoms with Gasteiger partial charge in [0.25, 0.3) is 0 Å². The number of fused-ring (bicyclic) bond motifs is 2. The number of aromatic amines is 1. The third-order valence-electron chi connectivity index (χ3n) is 7.12. The van der Waals surface area contributed by atoms with Gasteiger partial charge in [-0.3, -0.25) is 9.59 Å². The molecule has 0 unspecified atom stereocenters. The predicted octanol–water partition coefficient (Wildman–Crippen LogP) is 4.67. The van der Waals surface area contributed by atoms with Gasteiger partial charge in [-0.15, -0.1) is 0 Å². The zero-order chi connectivity index (χ0) is 24.3. The van der Waals surface area contributed by atoms with Gasteiger partial charge in [0, 0.05) is 42.5 Å². The van der Waals surface area contributed by atoms with E-state index in [1.54, 1.807) is 19.0 Å². The lowest BCUT2D eigenvalue weighted by Gasteiger charge is -2.20. The Bertz CT molecular complexity index is 1290. The first-order valence-corrected chi connectivity index (χ1v) is 11.9. The largest absolute Gasteiger partial charge is 0.454 e. The van der Waals surface area contributed by atoms with Gasteiger partial charge < -0.3 is 19.4 Å². The van der Waals surface area contributed by atoms with Gasteiger partial charge in [0.1, 0.15) is 5.78 Å². The van der Waals surface area contributed by atoms with E-state index >= 15 is 0 Å². The summed E-state index contributed by atoms with van der Waals surface area (Å²) in [6.45, 7) is 6.67. The number of nitrogens with one attached hydrogen (secondary N) is 1. The molecule has 0 bridgehead atoms. The molecule has 0 atom stereocenters. The van der Waals surface area contributed by atoms with E-state index < -0.39 is 5.41 Å². The number of ketones is 1. The number of carbonyl (C=O) groups is 2. The summed E-state index contributed by atoms with van der Waals surface area (Å²) in [6.07, 6.45) is 2.41. The Morgan fingerprint density at radius 3 is 2.41 bits per heavy atom. The Hall–Kier alpha value is -3.28. The van der Waals surface area contributed by atoms with E-state index in [4.69, 9.17) is 9.47 Å². The van der Waals surface area contributed by atoms with Crippen molar-refractivity contribution < 1.29 is 19.1 Å². The molecular formula is C28H32N2O4. The molecule has 1 aromatic heterocycles. The summed E-state index contributed by atoms with van der Waals surface area (Å²) in [5.41, 5.74) is 4.51. The number of benzene rings is 2. The van der Waals surface area contributed by atoms with Crippen molar-refractivity contribution in [1.29, 1.82) is 0 Å². The third kappa shape index (κ3) is 3.85. The summed E-state index contributed by atoms with van der Waals surface area (Å²) < 4.78 is 11.0. The fraction of sp³-hybridized carbons (Fsp3) is 0.429. The van der Waals surface area contributed by atoms with Crippen LogP contribution in [0.1, 0.15) is 56.0 Å². The maximum absolute atomic E-state index is 13.5. The van der Waals surface area contributed by atoms with E-state index in [1.165, 1.54) is 0 Å². The molecule has 6 nitrogen and oxygen atoms in total. The number of amides is 1. The molecule has 2 aliphatic rings. The van der Waals surface area contributed by atoms with Gasteiger partial charge >= 0.3 is 0 Å². The molecule has 2 aromatic carbocycles. The fourth-order valence-corrected chi connectivity index (χ4v) is 4.94. The molecule has 1 aliphatic heterocycles. The van der Waals surface area contributed by atoms with E-state index in [1.807, 2.05) is 30.3 Å². The van der Waals surface area contributed by atoms with Gasteiger partial charge in [-0.2, -0.15) is 0 Å². The van der Waals surface area contributed by atoms with Crippen molar-refractivity contribution in [3.8, 4) is 11.5 Å². The molecule has 0 saturated heterocycles. The first kappa shape index (κ1) is 22.5. The standard InChI is InChI=1S/C28H32N2O4/c1-27(2,3)26-20(15-25(32)30(4)5)19-12-17(6-8-21(19)29-26)13-24(31)28(10-11-28)18-7-9-22-23(14-18)34-16-33-22/h6-9,12,14,29H,10-11,13,15-16H2,1-5H3. The molecule has 1 amide bonds. The van der Waals surface area contributed by atoms with Crippen molar-refractivity contribution in [2.24, 2.45) is 0 Å². The molecule has 0 spiro atoms. The average Bonchev–Trinajstić information content (AvgIpc) is 3.32. The SMILES string of the molecule is CN(C)C(=O)Cc1c(C(C)(C)C)[nH]c2ccc(CC(=O)C3(c4ccc5c(c4)OCO5)CC3)cc12. The molecule has 0 radical (unpaired) electrons. The summed E-state index contributed by atoms with van der Waals surface area (Å²) in [7, 11) is 3.56. The molecule has 5 rings (SSSR count). The molecule has 1 aliphatic carbocycles. The summed E-state index contributed by atoms with van der Waals surface area (Å²) in [4.78, 5) is 31.3. The van der Waals surface area contributed by atoms with Crippen LogP contribution in [-0.4, -0.2) is 42.5 Å². The van der Waals surface area contributed by atoms with E-state index in [-0.39, 0.29) is 23.9 Å². The minimum Gasteiger partial charge on any atom is -0.454 e. The van der Waals surface area contributed by atoms with Gasteiger partial charge in [0.05, 0.1) is 11.8 Å². The van der Waals surface area contributed by atoms with E-state index in [0.29, 0.717) is 12.8 Å². The second-order valence-corrected chi connectivity index (χ2v) is 10.8. The van der Waals surface area contributed by atoms with Crippen LogP contribution in [0.15, 0.2) is 36.4 Å². The number of carbonyl (C=O) groups excluding carboxylic acids is 2. The van der Waals surface area contributed by atoms with Crippen LogP contribution in [0.5, 0.6) is 11.5 Å². The van der Waals surface area contributed by atoms with Crippen LogP contribution in [0.2, 0.25) is 0 Å². The van der Waals surface area contributed by atoms with Crippen molar-refractivity contribution in [1.82, 2.24) is 9.88 Å². The lowest BCUT2D eigenvalue weighted by molar-refractivity contribution is -0.128. The zero-order valence-corrected chi connectivity index (χ0v) is 20.6. The molecule has 3 aromatic rings. The minimum absolute atomic E-state index is 0.0626. The Morgan fingerprint density at radius 1 is 1.00 bits per heavy atom. The summed E-state index contributed by atoms with van der Waals surface area (Å²) in [6, 6.07) is 12.0. The first-order chi connectivity index (χ1) is 16.1. The summed E-state index contributed by atoms with van der Waals surface area (Å²) in [5.74, 6) is 1.74. The molecule has 34 heavy (non-hydrogen) atoms. The van der Waals surface area contributed by atoms with Crippen LogP contribution >= 0.6 is 0 Å². The molecule has 6 heteroatoms.